The van der Waals surface area contributed by atoms with Gasteiger partial charge in [-0.05, 0) is 152 Å². The van der Waals surface area contributed by atoms with Crippen LogP contribution in [-0.4, -0.2) is 0 Å². The van der Waals surface area contributed by atoms with Gasteiger partial charge in [0.25, 0.3) is 0 Å². The molecule has 1 spiro atoms. The molecule has 450 valence electrons. The molecule has 0 radical (unpaired) electrons. The summed E-state index contributed by atoms with van der Waals surface area (Å²) in [4.78, 5) is 4.84. The van der Waals surface area contributed by atoms with Crippen LogP contribution in [0.2, 0.25) is 5.02 Å². The predicted octanol–water partition coefficient (Wildman–Crippen LogP) is 26.1. The largest absolute Gasteiger partial charge is 0.457 e. The molecule has 2 aliphatic rings. The lowest BCUT2D eigenvalue weighted by molar-refractivity contribution is 0.436. The van der Waals surface area contributed by atoms with Crippen molar-refractivity contribution in [3.8, 4) is 56.0 Å². The summed E-state index contributed by atoms with van der Waals surface area (Å²) >= 11 is 8.99. The number of thiophene rings is 1. The van der Waals surface area contributed by atoms with E-state index in [4.69, 9.17) is 25.2 Å². The highest BCUT2D eigenvalue weighted by molar-refractivity contribution is 7.25. The van der Waals surface area contributed by atoms with E-state index in [9.17, 15) is 0 Å². The predicted molar refractivity (Wildman–Crippen MR) is 399 cm³/mol. The number of anilines is 6. The van der Waals surface area contributed by atoms with Crippen molar-refractivity contribution >= 4 is 132 Å². The molecule has 1 atom stereocenters. The summed E-state index contributed by atoms with van der Waals surface area (Å²) in [5.74, 6) is 1.42. The van der Waals surface area contributed by atoms with Crippen molar-refractivity contribution in [3.05, 3.63) is 349 Å². The highest BCUT2D eigenvalue weighted by Gasteiger charge is 2.52. The molecule has 0 bridgehead atoms. The van der Waals surface area contributed by atoms with Crippen LogP contribution < -0.4 is 14.5 Å². The van der Waals surface area contributed by atoms with Gasteiger partial charge in [0.2, 0.25) is 0 Å². The van der Waals surface area contributed by atoms with E-state index in [-0.39, 0.29) is 0 Å². The van der Waals surface area contributed by atoms with Crippen LogP contribution in [0.1, 0.15) is 22.3 Å². The molecular weight excluding hydrogens is 1210 g/mol. The van der Waals surface area contributed by atoms with Crippen LogP contribution in [0.25, 0.3) is 119 Å². The number of halogens is 1. The van der Waals surface area contributed by atoms with Crippen LogP contribution in [-0.2, 0) is 5.41 Å². The van der Waals surface area contributed by atoms with Crippen molar-refractivity contribution in [1.29, 1.82) is 0 Å². The van der Waals surface area contributed by atoms with Crippen LogP contribution in [0.15, 0.2) is 330 Å². The molecule has 15 aromatic carbocycles. The Labute approximate surface area is 561 Å². The molecule has 96 heavy (non-hydrogen) atoms. The molecule has 4 heterocycles. The Balaban J connectivity index is 0.829. The third-order valence-corrected chi connectivity index (χ3v) is 21.3. The van der Waals surface area contributed by atoms with Crippen molar-refractivity contribution in [2.24, 2.45) is 0 Å². The fourth-order valence-electron chi connectivity index (χ4n) is 15.8. The summed E-state index contributed by atoms with van der Waals surface area (Å²) in [5, 5.41) is 9.59. The van der Waals surface area contributed by atoms with Crippen molar-refractivity contribution in [2.75, 3.05) is 9.80 Å². The van der Waals surface area contributed by atoms with Crippen LogP contribution in [0, 0.1) is 0 Å². The second-order valence-electron chi connectivity index (χ2n) is 25.1. The van der Waals surface area contributed by atoms with Crippen molar-refractivity contribution in [3.63, 3.8) is 0 Å². The van der Waals surface area contributed by atoms with E-state index in [1.54, 1.807) is 0 Å². The number of para-hydroxylation sites is 2. The van der Waals surface area contributed by atoms with E-state index in [0.717, 1.165) is 156 Å². The topological polar surface area (TPSA) is 42.0 Å². The number of fused-ring (bicyclic) bond motifs is 19. The molecule has 20 rings (SSSR count). The molecule has 7 heteroatoms. The third kappa shape index (κ3) is 8.29. The average Bonchev–Trinajstić information content (AvgIpc) is 1.47. The highest BCUT2D eigenvalue weighted by atomic mass is 35.5. The summed E-state index contributed by atoms with van der Waals surface area (Å²) in [6.45, 7) is 0. The van der Waals surface area contributed by atoms with Gasteiger partial charge in [-0.2, -0.15) is 0 Å². The minimum Gasteiger partial charge on any atom is -0.457 e. The Morgan fingerprint density at radius 3 is 1.76 bits per heavy atom. The van der Waals surface area contributed by atoms with E-state index in [1.807, 2.05) is 29.5 Å². The lowest BCUT2D eigenvalue weighted by Crippen LogP contribution is -2.32. The second kappa shape index (κ2) is 21.3. The summed E-state index contributed by atoms with van der Waals surface area (Å²) in [6, 6.07) is 116. The van der Waals surface area contributed by atoms with Gasteiger partial charge in [0.1, 0.15) is 33.8 Å². The lowest BCUT2D eigenvalue weighted by Gasteiger charge is -2.40. The monoisotopic (exact) mass is 1260 g/mol. The summed E-state index contributed by atoms with van der Waals surface area (Å²) < 4.78 is 23.7. The van der Waals surface area contributed by atoms with E-state index >= 15 is 0 Å². The number of nitrogens with zero attached hydrogens (tertiary/aromatic N) is 2. The van der Waals surface area contributed by atoms with E-state index in [1.165, 1.54) is 25.6 Å². The Morgan fingerprint density at radius 1 is 0.312 bits per heavy atom. The quantitative estimate of drug-likeness (QED) is 0.144. The SMILES string of the molecule is Clc1ccc2c(c1)Oc1cc(N(c3ccc(-c4ccccc4)cc3)c3cc(-c4ccc5ccccc5c4)c4oc5ccccc5c4c3)ccc1C21c2ccccc2-c2c(N(c3cc(-c4ccccc4)c4c(c3)oc3ccccc34)c3ccc4sc5ccccc5c4c3)cccc21. The molecule has 18 aromatic rings. The molecule has 1 unspecified atom stereocenters. The number of rotatable bonds is 9. The molecule has 5 nitrogen and oxygen atoms in total. The second-order valence-corrected chi connectivity index (χ2v) is 26.7. The van der Waals surface area contributed by atoms with Crippen LogP contribution >= 0.6 is 22.9 Å². The zero-order chi connectivity index (χ0) is 63.2. The Bertz CT molecular complexity index is 6230. The summed E-state index contributed by atoms with van der Waals surface area (Å²) in [6.07, 6.45) is 0. The van der Waals surface area contributed by atoms with Crippen LogP contribution in [0.5, 0.6) is 11.5 Å². The minimum absolute atomic E-state index is 0.587. The van der Waals surface area contributed by atoms with Gasteiger partial charge in [-0.15, -0.1) is 11.3 Å². The number of furan rings is 2. The molecule has 0 saturated carbocycles. The first-order valence-corrected chi connectivity index (χ1v) is 33.6. The molecule has 1 aliphatic carbocycles. The number of ether oxygens (including phenoxy) is 1. The Kier molecular flexibility index (Phi) is 12.1. The first-order chi connectivity index (χ1) is 47.5. The fraction of sp³-hybridized carbons (Fsp3) is 0.0112. The first-order valence-electron chi connectivity index (χ1n) is 32.4. The van der Waals surface area contributed by atoms with Gasteiger partial charge in [0.15, 0.2) is 0 Å². The maximum Gasteiger partial charge on any atom is 0.143 e. The maximum absolute atomic E-state index is 7.42. The molecule has 0 N–H and O–H groups in total. The van der Waals surface area contributed by atoms with E-state index in [0.29, 0.717) is 10.8 Å². The lowest BCUT2D eigenvalue weighted by atomic mass is 9.66. The highest BCUT2D eigenvalue weighted by Crippen LogP contribution is 2.65. The van der Waals surface area contributed by atoms with E-state index in [2.05, 4.69) is 313 Å². The fourth-order valence-corrected chi connectivity index (χ4v) is 17.0. The van der Waals surface area contributed by atoms with Gasteiger partial charge >= 0.3 is 0 Å². The molecular formula is C89H53ClN2O3S. The third-order valence-electron chi connectivity index (χ3n) is 19.9. The average molecular weight is 1270 g/mol. The number of hydrogen-bond acceptors (Lipinski definition) is 6. The number of benzene rings is 15. The standard InChI is InChI=1S/C89H53ClN2O3S/c90-60-38-43-75-81(47-60)94-82-52-63(91(61-39-36-56(37-40-61)54-18-3-1-4-19-54)64-50-71(59-35-34-55-20-7-8-23-58(55)46-59)88-73(51-64)66-24-10-14-31-79(66)95-88)41-44-76(82)89(75)74-28-13-9-26-68(74)87-77(89)29-17-30-78(87)92(62-42-45-85-72(48-62)67-25-12-16-33-84(67)96-85)65-49-70(57-21-5-2-6-22-57)86-69-27-11-15-32-80(69)93-83(86)53-65/h1-53H. The van der Waals surface area contributed by atoms with Crippen molar-refractivity contribution in [1.82, 2.24) is 0 Å². The van der Waals surface area contributed by atoms with Gasteiger partial charge in [-0.25, -0.2) is 0 Å². The van der Waals surface area contributed by atoms with E-state index < -0.39 is 5.41 Å². The van der Waals surface area contributed by atoms with Crippen LogP contribution in [0.4, 0.5) is 34.1 Å². The van der Waals surface area contributed by atoms with Gasteiger partial charge < -0.3 is 23.4 Å². The molecule has 0 saturated heterocycles. The van der Waals surface area contributed by atoms with Gasteiger partial charge in [-0.3, -0.25) is 0 Å². The van der Waals surface area contributed by atoms with Gasteiger partial charge in [-0.1, -0.05) is 224 Å². The van der Waals surface area contributed by atoms with Gasteiger partial charge in [0.05, 0.1) is 16.8 Å². The van der Waals surface area contributed by atoms with Gasteiger partial charge in [0, 0.05) is 104 Å². The summed E-state index contributed by atoms with van der Waals surface area (Å²) in [5.41, 5.74) is 21.4. The molecule has 3 aromatic heterocycles. The van der Waals surface area contributed by atoms with Crippen molar-refractivity contribution in [2.45, 2.75) is 5.41 Å². The zero-order valence-electron chi connectivity index (χ0n) is 51.5. The Morgan fingerprint density at radius 2 is 0.917 bits per heavy atom. The Hall–Kier alpha value is -11.9. The minimum atomic E-state index is -0.884. The summed E-state index contributed by atoms with van der Waals surface area (Å²) in [7, 11) is 0. The normalized spacial score (nSPS) is 13.8. The maximum atomic E-state index is 7.42. The zero-order valence-corrected chi connectivity index (χ0v) is 53.1. The van der Waals surface area contributed by atoms with Crippen molar-refractivity contribution < 1.29 is 13.6 Å². The van der Waals surface area contributed by atoms with Crippen LogP contribution in [0.3, 0.4) is 0 Å². The molecule has 0 fully saturated rings. The first kappa shape index (κ1) is 54.6. The molecule has 1 aliphatic heterocycles. The number of hydrogen-bond donors (Lipinski definition) is 0. The molecule has 0 amide bonds. The smallest absolute Gasteiger partial charge is 0.143 e.